The van der Waals surface area contributed by atoms with Crippen LogP contribution in [-0.4, -0.2) is 61.1 Å². The molecular weight excluding hydrogens is 316 g/mol. The number of nitrogens with zero attached hydrogens (tertiary/aromatic N) is 2. The summed E-state index contributed by atoms with van der Waals surface area (Å²) in [5.41, 5.74) is 0.926. The van der Waals surface area contributed by atoms with Crippen molar-refractivity contribution in [1.29, 1.82) is 0 Å². The summed E-state index contributed by atoms with van der Waals surface area (Å²) in [4.78, 5) is 16.8. The van der Waals surface area contributed by atoms with Crippen LogP contribution in [0.4, 0.5) is 0 Å². The lowest BCUT2D eigenvalue weighted by molar-refractivity contribution is -0.131. The summed E-state index contributed by atoms with van der Waals surface area (Å²) < 4.78 is 11.2. The Labute approximate surface area is 151 Å². The highest BCUT2D eigenvalue weighted by molar-refractivity contribution is 5.92. The van der Waals surface area contributed by atoms with E-state index < -0.39 is 0 Å². The maximum Gasteiger partial charge on any atom is 0.246 e. The molecule has 1 heterocycles. The van der Waals surface area contributed by atoms with Crippen molar-refractivity contribution in [1.82, 2.24) is 9.80 Å². The molecule has 0 radical (unpaired) electrons. The van der Waals surface area contributed by atoms with Gasteiger partial charge in [0.15, 0.2) is 11.5 Å². The van der Waals surface area contributed by atoms with Crippen LogP contribution in [-0.2, 0) is 4.79 Å². The zero-order valence-corrected chi connectivity index (χ0v) is 16.0. The molecule has 1 aliphatic rings. The Kier molecular flexibility index (Phi) is 6.88. The van der Waals surface area contributed by atoms with Gasteiger partial charge < -0.3 is 14.4 Å². The number of piperazine rings is 1. The van der Waals surface area contributed by atoms with Gasteiger partial charge in [0, 0.05) is 31.2 Å². The number of amides is 1. The van der Waals surface area contributed by atoms with Gasteiger partial charge >= 0.3 is 0 Å². The highest BCUT2D eigenvalue weighted by Gasteiger charge is 2.28. The van der Waals surface area contributed by atoms with Gasteiger partial charge in [-0.3, -0.25) is 9.69 Å². The van der Waals surface area contributed by atoms with Gasteiger partial charge in [0.1, 0.15) is 0 Å². The second-order valence-corrected chi connectivity index (χ2v) is 6.53. The van der Waals surface area contributed by atoms with Crippen molar-refractivity contribution < 1.29 is 14.3 Å². The molecule has 25 heavy (non-hydrogen) atoms. The third-order valence-corrected chi connectivity index (χ3v) is 4.57. The Morgan fingerprint density at radius 3 is 2.48 bits per heavy atom. The first kappa shape index (κ1) is 19.3. The van der Waals surface area contributed by atoms with E-state index >= 15 is 0 Å². The van der Waals surface area contributed by atoms with E-state index in [1.54, 1.807) is 6.08 Å². The lowest BCUT2D eigenvalue weighted by atomic mass is 10.1. The third-order valence-electron chi connectivity index (χ3n) is 4.57. The van der Waals surface area contributed by atoms with Gasteiger partial charge in [0.2, 0.25) is 5.91 Å². The highest BCUT2D eigenvalue weighted by atomic mass is 16.5. The van der Waals surface area contributed by atoms with Crippen molar-refractivity contribution in [2.24, 2.45) is 0 Å². The Hall–Kier alpha value is -2.01. The second kappa shape index (κ2) is 8.90. The fourth-order valence-corrected chi connectivity index (χ4v) is 3.04. The fraction of sp³-hybridized carbons (Fsp3) is 0.550. The zero-order chi connectivity index (χ0) is 18.4. The Bertz CT molecular complexity index is 615. The quantitative estimate of drug-likeness (QED) is 0.743. The Balaban J connectivity index is 2.10. The van der Waals surface area contributed by atoms with E-state index in [9.17, 15) is 4.79 Å². The van der Waals surface area contributed by atoms with Gasteiger partial charge in [-0.25, -0.2) is 0 Å². The molecule has 0 aliphatic carbocycles. The standard InChI is InChI=1S/C20H30N2O3/c1-6-24-18-10-8-17(12-19(18)25-7-2)9-11-20(23)22-14-15(3)21(5)13-16(22)4/h8-12,15-16H,6-7,13-14H2,1-5H3/b11-9+. The maximum absolute atomic E-state index is 12.6. The second-order valence-electron chi connectivity index (χ2n) is 6.53. The van der Waals surface area contributed by atoms with Crippen LogP contribution in [0.3, 0.4) is 0 Å². The molecule has 1 fully saturated rings. The molecule has 5 heteroatoms. The minimum atomic E-state index is 0.0549. The first-order chi connectivity index (χ1) is 12.0. The van der Waals surface area contributed by atoms with E-state index in [1.807, 2.05) is 43.0 Å². The average Bonchev–Trinajstić information content (AvgIpc) is 2.58. The van der Waals surface area contributed by atoms with Crippen LogP contribution in [0.1, 0.15) is 33.3 Å². The predicted molar refractivity (Wildman–Crippen MR) is 101 cm³/mol. The van der Waals surface area contributed by atoms with Gasteiger partial charge in [-0.05, 0) is 58.5 Å². The molecule has 1 aromatic carbocycles. The number of ether oxygens (including phenoxy) is 2. The molecule has 5 nitrogen and oxygen atoms in total. The minimum absolute atomic E-state index is 0.0549. The average molecular weight is 346 g/mol. The van der Waals surface area contributed by atoms with Crippen molar-refractivity contribution in [2.45, 2.75) is 39.8 Å². The van der Waals surface area contributed by atoms with Gasteiger partial charge in [0.05, 0.1) is 13.2 Å². The van der Waals surface area contributed by atoms with Gasteiger partial charge in [-0.1, -0.05) is 6.07 Å². The molecule has 2 unspecified atom stereocenters. The number of hydrogen-bond donors (Lipinski definition) is 0. The summed E-state index contributed by atoms with van der Waals surface area (Å²) >= 11 is 0. The summed E-state index contributed by atoms with van der Waals surface area (Å²) in [5.74, 6) is 1.49. The molecule has 2 atom stereocenters. The molecule has 1 amide bonds. The normalized spacial score (nSPS) is 21.6. The van der Waals surface area contributed by atoms with Crippen LogP contribution in [0, 0.1) is 0 Å². The number of rotatable bonds is 6. The minimum Gasteiger partial charge on any atom is -0.490 e. The molecule has 1 aromatic rings. The lowest BCUT2D eigenvalue weighted by Crippen LogP contribution is -2.56. The van der Waals surface area contributed by atoms with Crippen LogP contribution in [0.15, 0.2) is 24.3 Å². The largest absolute Gasteiger partial charge is 0.490 e. The van der Waals surface area contributed by atoms with Crippen LogP contribution in [0.25, 0.3) is 6.08 Å². The number of carbonyl (C=O) groups is 1. The molecule has 1 saturated heterocycles. The number of hydrogen-bond acceptors (Lipinski definition) is 4. The van der Waals surface area contributed by atoms with E-state index in [2.05, 4.69) is 25.8 Å². The number of carbonyl (C=O) groups excluding carboxylic acids is 1. The monoisotopic (exact) mass is 346 g/mol. The third kappa shape index (κ3) is 4.98. The topological polar surface area (TPSA) is 42.0 Å². The van der Waals surface area contributed by atoms with Crippen LogP contribution >= 0.6 is 0 Å². The molecule has 2 rings (SSSR count). The van der Waals surface area contributed by atoms with E-state index in [0.29, 0.717) is 25.0 Å². The van der Waals surface area contributed by atoms with E-state index in [4.69, 9.17) is 9.47 Å². The number of benzene rings is 1. The molecule has 0 aromatic heterocycles. The van der Waals surface area contributed by atoms with Crippen molar-refractivity contribution >= 4 is 12.0 Å². The highest BCUT2D eigenvalue weighted by Crippen LogP contribution is 2.29. The Morgan fingerprint density at radius 2 is 1.80 bits per heavy atom. The molecular formula is C20H30N2O3. The van der Waals surface area contributed by atoms with Gasteiger partial charge in [-0.15, -0.1) is 0 Å². The number of likely N-dealkylation sites (N-methyl/N-ethyl adjacent to an activating group) is 1. The van der Waals surface area contributed by atoms with Crippen LogP contribution in [0.5, 0.6) is 11.5 Å². The van der Waals surface area contributed by atoms with Gasteiger partial charge in [0.25, 0.3) is 0 Å². The Morgan fingerprint density at radius 1 is 1.12 bits per heavy atom. The molecule has 0 saturated carbocycles. The maximum atomic E-state index is 12.6. The van der Waals surface area contributed by atoms with Crippen molar-refractivity contribution in [3.63, 3.8) is 0 Å². The van der Waals surface area contributed by atoms with E-state index in [1.165, 1.54) is 0 Å². The van der Waals surface area contributed by atoms with E-state index in [0.717, 1.165) is 24.4 Å². The summed E-state index contributed by atoms with van der Waals surface area (Å²) in [6.45, 7) is 11.0. The van der Waals surface area contributed by atoms with Crippen molar-refractivity contribution in [3.8, 4) is 11.5 Å². The molecule has 0 spiro atoms. The zero-order valence-electron chi connectivity index (χ0n) is 16.0. The summed E-state index contributed by atoms with van der Waals surface area (Å²) in [6.07, 6.45) is 3.50. The molecule has 138 valence electrons. The van der Waals surface area contributed by atoms with E-state index in [-0.39, 0.29) is 11.9 Å². The summed E-state index contributed by atoms with van der Waals surface area (Å²) in [5, 5.41) is 0. The van der Waals surface area contributed by atoms with Crippen molar-refractivity contribution in [2.75, 3.05) is 33.4 Å². The summed E-state index contributed by atoms with van der Waals surface area (Å²) in [6, 6.07) is 6.34. The van der Waals surface area contributed by atoms with Crippen molar-refractivity contribution in [3.05, 3.63) is 29.8 Å². The predicted octanol–water partition coefficient (Wildman–Crippen LogP) is 3.05. The summed E-state index contributed by atoms with van der Waals surface area (Å²) in [7, 11) is 2.11. The SMILES string of the molecule is CCOc1ccc(/C=C/C(=O)N2CC(C)N(C)CC2C)cc1OCC. The van der Waals surface area contributed by atoms with Crippen LogP contribution in [0.2, 0.25) is 0 Å². The lowest BCUT2D eigenvalue weighted by Gasteiger charge is -2.42. The smallest absolute Gasteiger partial charge is 0.246 e. The molecule has 0 bridgehead atoms. The first-order valence-corrected chi connectivity index (χ1v) is 9.04. The molecule has 1 aliphatic heterocycles. The van der Waals surface area contributed by atoms with Gasteiger partial charge in [-0.2, -0.15) is 0 Å². The first-order valence-electron chi connectivity index (χ1n) is 9.04. The van der Waals surface area contributed by atoms with Crippen LogP contribution < -0.4 is 9.47 Å². The fourth-order valence-electron chi connectivity index (χ4n) is 3.04. The molecule has 0 N–H and O–H groups in total.